The third-order valence-corrected chi connectivity index (χ3v) is 8.10. The summed E-state index contributed by atoms with van der Waals surface area (Å²) in [5.74, 6) is 1.13. The lowest BCUT2D eigenvalue weighted by atomic mass is 9.98. The van der Waals surface area contributed by atoms with Crippen LogP contribution in [-0.4, -0.2) is 62.7 Å². The lowest BCUT2D eigenvalue weighted by molar-refractivity contribution is 0.0595. The number of halogens is 1. The zero-order valence-electron chi connectivity index (χ0n) is 24.1. The van der Waals surface area contributed by atoms with Crippen LogP contribution in [0.1, 0.15) is 38.0 Å². The first-order chi connectivity index (χ1) is 20.9. The molecule has 2 aromatic heterocycles. The molecule has 1 atom stereocenters. The highest BCUT2D eigenvalue weighted by molar-refractivity contribution is 6.19. The maximum absolute atomic E-state index is 14.2. The predicted molar refractivity (Wildman–Crippen MR) is 164 cm³/mol. The maximum Gasteiger partial charge on any atom is 0.354 e. The average Bonchev–Trinajstić information content (AvgIpc) is 3.77. The molecule has 1 aliphatic rings. The van der Waals surface area contributed by atoms with Crippen LogP contribution in [0.5, 0.6) is 23.0 Å². The molecule has 0 fully saturated rings. The number of methoxy groups -OCH3 is 4. The minimum atomic E-state index is -0.509. The van der Waals surface area contributed by atoms with Crippen molar-refractivity contribution in [2.24, 2.45) is 0 Å². The van der Waals surface area contributed by atoms with E-state index in [1.165, 1.54) is 21.3 Å². The van der Waals surface area contributed by atoms with Gasteiger partial charge in [0.2, 0.25) is 5.75 Å². The summed E-state index contributed by atoms with van der Waals surface area (Å²) >= 11 is 6.48. The SMILES string of the molecule is COC(=O)c1cc2c3c(cc(OCc4ccccc4)c2[nH]1)N(C(=O)c1cc2cc(OC)c(OC)c(OC)c2[nH]1)C[C@H]3CCl. The number of carbonyl (C=O) groups excluding carboxylic acids is 2. The first-order valence-electron chi connectivity index (χ1n) is 13.6. The molecule has 3 heterocycles. The van der Waals surface area contributed by atoms with Gasteiger partial charge in [0.25, 0.3) is 5.91 Å². The van der Waals surface area contributed by atoms with Crippen molar-refractivity contribution in [2.75, 3.05) is 45.8 Å². The van der Waals surface area contributed by atoms with Gasteiger partial charge in [-0.05, 0) is 29.3 Å². The van der Waals surface area contributed by atoms with Crippen molar-refractivity contribution in [2.45, 2.75) is 12.5 Å². The number of hydrogen-bond acceptors (Lipinski definition) is 7. The number of carbonyl (C=O) groups is 2. The summed E-state index contributed by atoms with van der Waals surface area (Å²) < 4.78 is 27.9. The quantitative estimate of drug-likeness (QED) is 0.156. The number of fused-ring (bicyclic) bond motifs is 4. The second-order valence-corrected chi connectivity index (χ2v) is 10.4. The number of hydrogen-bond donors (Lipinski definition) is 2. The Morgan fingerprint density at radius 3 is 2.30 bits per heavy atom. The summed E-state index contributed by atoms with van der Waals surface area (Å²) in [5.41, 5.74) is 4.35. The molecule has 6 rings (SSSR count). The van der Waals surface area contributed by atoms with E-state index in [2.05, 4.69) is 9.97 Å². The number of H-pyrrole nitrogens is 2. The Labute approximate surface area is 252 Å². The van der Waals surface area contributed by atoms with Gasteiger partial charge in [-0.2, -0.15) is 0 Å². The number of aromatic amines is 2. The van der Waals surface area contributed by atoms with Gasteiger partial charge in [0.15, 0.2) is 11.5 Å². The number of esters is 1. The van der Waals surface area contributed by atoms with Gasteiger partial charge in [0.1, 0.15) is 23.7 Å². The summed E-state index contributed by atoms with van der Waals surface area (Å²) in [5, 5.41) is 1.47. The van der Waals surface area contributed by atoms with Crippen molar-refractivity contribution in [1.82, 2.24) is 9.97 Å². The van der Waals surface area contributed by atoms with E-state index < -0.39 is 5.97 Å². The fourth-order valence-electron chi connectivity index (χ4n) is 5.73. The molecule has 0 saturated heterocycles. The first kappa shape index (κ1) is 28.3. The van der Waals surface area contributed by atoms with E-state index in [4.69, 9.17) is 35.3 Å². The number of nitrogens with one attached hydrogen (secondary N) is 2. The topological polar surface area (TPSA) is 115 Å². The third-order valence-electron chi connectivity index (χ3n) is 7.72. The number of nitrogens with zero attached hydrogens (tertiary/aromatic N) is 1. The molecule has 43 heavy (non-hydrogen) atoms. The summed E-state index contributed by atoms with van der Waals surface area (Å²) in [4.78, 5) is 34.7. The molecule has 11 heteroatoms. The normalized spacial score (nSPS) is 14.2. The van der Waals surface area contributed by atoms with Crippen LogP contribution in [0, 0.1) is 0 Å². The van der Waals surface area contributed by atoms with Crippen LogP contribution in [0.3, 0.4) is 0 Å². The Bertz CT molecular complexity index is 1850. The Morgan fingerprint density at radius 2 is 1.63 bits per heavy atom. The van der Waals surface area contributed by atoms with Gasteiger partial charge >= 0.3 is 5.97 Å². The number of benzene rings is 3. The molecular formula is C32H30ClN3O7. The molecule has 0 radical (unpaired) electrons. The van der Waals surface area contributed by atoms with Gasteiger partial charge in [-0.15, -0.1) is 11.6 Å². The van der Waals surface area contributed by atoms with Crippen molar-refractivity contribution in [3.8, 4) is 23.0 Å². The Balaban J connectivity index is 1.47. The van der Waals surface area contributed by atoms with E-state index in [1.54, 1.807) is 30.2 Å². The van der Waals surface area contributed by atoms with Gasteiger partial charge in [0.05, 0.1) is 45.2 Å². The number of anilines is 1. The number of rotatable bonds is 9. The molecule has 0 bridgehead atoms. The van der Waals surface area contributed by atoms with Gasteiger partial charge in [-0.3, -0.25) is 4.79 Å². The first-order valence-corrected chi connectivity index (χ1v) is 14.1. The molecular weight excluding hydrogens is 574 g/mol. The second kappa shape index (κ2) is 11.4. The van der Waals surface area contributed by atoms with Crippen molar-refractivity contribution < 1.29 is 33.3 Å². The average molecular weight is 604 g/mol. The Kier molecular flexibility index (Phi) is 7.53. The number of amides is 1. The zero-order valence-corrected chi connectivity index (χ0v) is 24.8. The second-order valence-electron chi connectivity index (χ2n) is 10.1. The molecule has 222 valence electrons. The van der Waals surface area contributed by atoms with Crippen LogP contribution in [-0.2, 0) is 11.3 Å². The molecule has 1 aliphatic heterocycles. The van der Waals surface area contributed by atoms with Crippen molar-refractivity contribution in [1.29, 1.82) is 0 Å². The highest BCUT2D eigenvalue weighted by Crippen LogP contribution is 2.47. The van der Waals surface area contributed by atoms with E-state index in [0.29, 0.717) is 58.6 Å². The predicted octanol–water partition coefficient (Wildman–Crippen LogP) is 6.02. The lowest BCUT2D eigenvalue weighted by Crippen LogP contribution is -2.30. The lowest BCUT2D eigenvalue weighted by Gasteiger charge is -2.18. The molecule has 0 saturated carbocycles. The largest absolute Gasteiger partial charge is 0.493 e. The molecule has 1 amide bonds. The van der Waals surface area contributed by atoms with Crippen molar-refractivity contribution in [3.05, 3.63) is 77.1 Å². The van der Waals surface area contributed by atoms with Crippen LogP contribution in [0.2, 0.25) is 0 Å². The molecule has 0 spiro atoms. The Morgan fingerprint density at radius 1 is 0.884 bits per heavy atom. The van der Waals surface area contributed by atoms with Crippen LogP contribution >= 0.6 is 11.6 Å². The van der Waals surface area contributed by atoms with E-state index in [9.17, 15) is 9.59 Å². The molecule has 0 unspecified atom stereocenters. The minimum Gasteiger partial charge on any atom is -0.493 e. The molecule has 2 N–H and O–H groups in total. The van der Waals surface area contributed by atoms with E-state index in [-0.39, 0.29) is 23.4 Å². The number of alkyl halides is 1. The van der Waals surface area contributed by atoms with Crippen LogP contribution in [0.4, 0.5) is 5.69 Å². The zero-order chi connectivity index (χ0) is 30.2. The van der Waals surface area contributed by atoms with Crippen molar-refractivity contribution >= 4 is 51.0 Å². The maximum atomic E-state index is 14.2. The smallest absolute Gasteiger partial charge is 0.354 e. The fourth-order valence-corrected chi connectivity index (χ4v) is 5.98. The monoisotopic (exact) mass is 603 g/mol. The van der Waals surface area contributed by atoms with Gasteiger partial charge < -0.3 is 38.6 Å². The van der Waals surface area contributed by atoms with E-state index in [1.807, 2.05) is 36.4 Å². The molecule has 5 aromatic rings. The fraction of sp³-hybridized carbons (Fsp3) is 0.250. The summed E-state index contributed by atoms with van der Waals surface area (Å²) in [6.45, 7) is 0.631. The van der Waals surface area contributed by atoms with Gasteiger partial charge in [-0.25, -0.2) is 4.79 Å². The Hall–Kier alpha value is -4.83. The number of aromatic nitrogens is 2. The standard InChI is InChI=1S/C32H30ClN3O7/c1-39-25-11-18-10-21(34-27(18)30(41-3)29(25)40-2)31(37)36-15-19(14-33)26-20-12-22(32(38)42-4)35-28(20)24(13-23(26)36)43-16-17-8-6-5-7-9-17/h5-13,19,34-35H,14-16H2,1-4H3/t19-/m1/s1. The summed E-state index contributed by atoms with van der Waals surface area (Å²) in [6.07, 6.45) is 0. The minimum absolute atomic E-state index is 0.188. The summed E-state index contributed by atoms with van der Waals surface area (Å²) in [7, 11) is 5.93. The molecule has 10 nitrogen and oxygen atoms in total. The van der Waals surface area contributed by atoms with E-state index in [0.717, 1.165) is 21.9 Å². The summed E-state index contributed by atoms with van der Waals surface area (Å²) in [6, 6.07) is 16.8. The van der Waals surface area contributed by atoms with Crippen molar-refractivity contribution in [3.63, 3.8) is 0 Å². The number of ether oxygens (including phenoxy) is 5. The highest BCUT2D eigenvalue weighted by atomic mass is 35.5. The van der Waals surface area contributed by atoms with Crippen LogP contribution in [0.15, 0.2) is 54.6 Å². The third kappa shape index (κ3) is 4.77. The molecule has 0 aliphatic carbocycles. The van der Waals surface area contributed by atoms with Gasteiger partial charge in [0, 0.05) is 35.2 Å². The van der Waals surface area contributed by atoms with Gasteiger partial charge in [-0.1, -0.05) is 30.3 Å². The molecule has 3 aromatic carbocycles. The van der Waals surface area contributed by atoms with Crippen LogP contribution < -0.4 is 23.8 Å². The van der Waals surface area contributed by atoms with E-state index >= 15 is 0 Å². The van der Waals surface area contributed by atoms with Crippen LogP contribution in [0.25, 0.3) is 21.8 Å². The highest BCUT2D eigenvalue weighted by Gasteiger charge is 2.37.